The quantitative estimate of drug-likeness (QED) is 0.860. The lowest BCUT2D eigenvalue weighted by molar-refractivity contribution is 0.278. The van der Waals surface area contributed by atoms with E-state index in [2.05, 4.69) is 0 Å². The number of rotatable bonds is 4. The van der Waals surface area contributed by atoms with E-state index in [1.54, 1.807) is 42.5 Å². The second-order valence-electron chi connectivity index (χ2n) is 5.23. The summed E-state index contributed by atoms with van der Waals surface area (Å²) in [5.74, 6) is 1.53. The van der Waals surface area contributed by atoms with Crippen molar-refractivity contribution in [3.05, 3.63) is 48.0 Å². The van der Waals surface area contributed by atoms with Gasteiger partial charge in [-0.3, -0.25) is 0 Å². The average Bonchev–Trinajstić information content (AvgIpc) is 2.60. The van der Waals surface area contributed by atoms with Crippen LogP contribution in [-0.2, 0) is 9.84 Å². The summed E-state index contributed by atoms with van der Waals surface area (Å²) in [5, 5.41) is -0.659. The van der Waals surface area contributed by atoms with Gasteiger partial charge < -0.3 is 14.2 Å². The van der Waals surface area contributed by atoms with Crippen molar-refractivity contribution < 1.29 is 22.6 Å². The monoisotopic (exact) mass is 334 g/mol. The summed E-state index contributed by atoms with van der Waals surface area (Å²) in [6.45, 7) is 0.346. The summed E-state index contributed by atoms with van der Waals surface area (Å²) in [4.78, 5) is 0.313. The molecule has 6 heteroatoms. The van der Waals surface area contributed by atoms with Crippen molar-refractivity contribution in [2.45, 2.75) is 16.6 Å². The molecule has 0 N–H and O–H groups in total. The first-order valence-electron chi connectivity index (χ1n) is 7.25. The molecule has 1 aliphatic rings. The Morgan fingerprint density at radius 2 is 1.70 bits per heavy atom. The van der Waals surface area contributed by atoms with Crippen LogP contribution >= 0.6 is 0 Å². The topological polar surface area (TPSA) is 61.8 Å². The van der Waals surface area contributed by atoms with E-state index in [0.29, 0.717) is 40.7 Å². The molecule has 0 radical (unpaired) electrons. The normalized spacial score (nSPS) is 17.0. The van der Waals surface area contributed by atoms with E-state index in [4.69, 9.17) is 14.2 Å². The summed E-state index contributed by atoms with van der Waals surface area (Å²) >= 11 is 0. The molecule has 0 saturated heterocycles. The Kier molecular flexibility index (Phi) is 4.17. The van der Waals surface area contributed by atoms with Gasteiger partial charge in [0.05, 0.1) is 31.0 Å². The molecule has 0 aliphatic carbocycles. The number of sulfone groups is 1. The molecular formula is C17H18O5S. The highest BCUT2D eigenvalue weighted by Gasteiger charge is 2.35. The van der Waals surface area contributed by atoms with Gasteiger partial charge in [-0.15, -0.1) is 0 Å². The molecule has 0 bridgehead atoms. The number of fused-ring (bicyclic) bond motifs is 1. The van der Waals surface area contributed by atoms with Gasteiger partial charge in [-0.25, -0.2) is 8.42 Å². The fraction of sp³-hybridized carbons (Fsp3) is 0.294. The van der Waals surface area contributed by atoms with Crippen LogP contribution in [0.15, 0.2) is 47.4 Å². The standard InChI is InChI=1S/C17H18O5S/c1-20-15-10-13-14(11-16(15)21-2)22-9-8-17(13)23(18,19)12-6-4-3-5-7-12/h3-7,10-11,17H,8-9H2,1-2H3. The largest absolute Gasteiger partial charge is 0.493 e. The van der Waals surface area contributed by atoms with E-state index in [9.17, 15) is 8.42 Å². The van der Waals surface area contributed by atoms with Crippen molar-refractivity contribution in [3.63, 3.8) is 0 Å². The van der Waals surface area contributed by atoms with Crippen LogP contribution in [0.1, 0.15) is 17.2 Å². The predicted octanol–water partition coefficient (Wildman–Crippen LogP) is 3.00. The van der Waals surface area contributed by atoms with Crippen molar-refractivity contribution >= 4 is 9.84 Å². The van der Waals surface area contributed by atoms with Gasteiger partial charge >= 0.3 is 0 Å². The van der Waals surface area contributed by atoms with Crippen LogP contribution in [0.25, 0.3) is 0 Å². The van der Waals surface area contributed by atoms with E-state index in [1.165, 1.54) is 14.2 Å². The Morgan fingerprint density at radius 1 is 1.04 bits per heavy atom. The molecule has 0 amide bonds. The van der Waals surface area contributed by atoms with Crippen LogP contribution in [0.3, 0.4) is 0 Å². The van der Waals surface area contributed by atoms with E-state index >= 15 is 0 Å². The Hall–Kier alpha value is -2.21. The van der Waals surface area contributed by atoms with Crippen molar-refractivity contribution in [1.29, 1.82) is 0 Å². The number of ether oxygens (including phenoxy) is 3. The average molecular weight is 334 g/mol. The first-order valence-corrected chi connectivity index (χ1v) is 8.80. The van der Waals surface area contributed by atoms with Crippen molar-refractivity contribution in [2.24, 2.45) is 0 Å². The van der Waals surface area contributed by atoms with Gasteiger partial charge in [0.15, 0.2) is 21.3 Å². The molecule has 0 saturated carbocycles. The van der Waals surface area contributed by atoms with E-state index in [1.807, 2.05) is 0 Å². The fourth-order valence-corrected chi connectivity index (χ4v) is 4.57. The van der Waals surface area contributed by atoms with Crippen LogP contribution in [0.4, 0.5) is 0 Å². The summed E-state index contributed by atoms with van der Waals surface area (Å²) < 4.78 is 42.1. The molecule has 1 aliphatic heterocycles. The summed E-state index contributed by atoms with van der Waals surface area (Å²) in [5.41, 5.74) is 0.609. The minimum atomic E-state index is -3.50. The SMILES string of the molecule is COc1cc2c(cc1OC)C(S(=O)(=O)c1ccccc1)CCO2. The van der Waals surface area contributed by atoms with Crippen LogP contribution in [-0.4, -0.2) is 29.2 Å². The molecule has 0 fully saturated rings. The fourth-order valence-electron chi connectivity index (χ4n) is 2.78. The van der Waals surface area contributed by atoms with Gasteiger partial charge in [0, 0.05) is 18.1 Å². The molecule has 0 spiro atoms. The zero-order valence-electron chi connectivity index (χ0n) is 13.0. The Balaban J connectivity index is 2.12. The molecule has 3 rings (SSSR count). The van der Waals surface area contributed by atoms with Gasteiger partial charge in [-0.2, -0.15) is 0 Å². The summed E-state index contributed by atoms with van der Waals surface area (Å²) in [7, 11) is -0.441. The molecule has 122 valence electrons. The van der Waals surface area contributed by atoms with Gasteiger partial charge in [0.25, 0.3) is 0 Å². The van der Waals surface area contributed by atoms with Gasteiger partial charge in [-0.05, 0) is 18.2 Å². The summed E-state index contributed by atoms with van der Waals surface area (Å²) in [6.07, 6.45) is 0.402. The number of benzene rings is 2. The van der Waals surface area contributed by atoms with Crippen molar-refractivity contribution in [2.75, 3.05) is 20.8 Å². The van der Waals surface area contributed by atoms with Gasteiger partial charge in [-0.1, -0.05) is 18.2 Å². The van der Waals surface area contributed by atoms with Crippen molar-refractivity contribution in [1.82, 2.24) is 0 Å². The predicted molar refractivity (Wildman–Crippen MR) is 86.0 cm³/mol. The van der Waals surface area contributed by atoms with Crippen LogP contribution in [0.2, 0.25) is 0 Å². The maximum Gasteiger partial charge on any atom is 0.185 e. The third kappa shape index (κ3) is 2.74. The molecule has 2 aromatic rings. The highest BCUT2D eigenvalue weighted by molar-refractivity contribution is 7.91. The van der Waals surface area contributed by atoms with Gasteiger partial charge in [0.1, 0.15) is 5.75 Å². The number of hydrogen-bond acceptors (Lipinski definition) is 5. The first-order chi connectivity index (χ1) is 11.1. The third-order valence-corrected chi connectivity index (χ3v) is 6.11. The van der Waals surface area contributed by atoms with Crippen LogP contribution in [0, 0.1) is 0 Å². The zero-order valence-corrected chi connectivity index (χ0v) is 13.8. The lowest BCUT2D eigenvalue weighted by Gasteiger charge is -2.27. The molecule has 0 aromatic heterocycles. The minimum Gasteiger partial charge on any atom is -0.493 e. The lowest BCUT2D eigenvalue weighted by atomic mass is 10.0. The molecule has 5 nitrogen and oxygen atoms in total. The van der Waals surface area contributed by atoms with Gasteiger partial charge in [0.2, 0.25) is 0 Å². The third-order valence-electron chi connectivity index (χ3n) is 3.95. The molecule has 1 heterocycles. The second kappa shape index (κ2) is 6.12. The minimum absolute atomic E-state index is 0.313. The molecule has 23 heavy (non-hydrogen) atoms. The molecule has 1 atom stereocenters. The van der Waals surface area contributed by atoms with E-state index < -0.39 is 15.1 Å². The molecular weight excluding hydrogens is 316 g/mol. The highest BCUT2D eigenvalue weighted by atomic mass is 32.2. The first kappa shape index (κ1) is 15.7. The number of methoxy groups -OCH3 is 2. The second-order valence-corrected chi connectivity index (χ2v) is 7.36. The Labute approximate surface area is 135 Å². The maximum absolute atomic E-state index is 13.0. The zero-order chi connectivity index (χ0) is 16.4. The number of hydrogen-bond donors (Lipinski definition) is 0. The smallest absolute Gasteiger partial charge is 0.185 e. The van der Waals surface area contributed by atoms with Crippen molar-refractivity contribution in [3.8, 4) is 17.2 Å². The molecule has 1 unspecified atom stereocenters. The Morgan fingerprint density at radius 3 is 2.35 bits per heavy atom. The van der Waals surface area contributed by atoms with E-state index in [-0.39, 0.29) is 0 Å². The maximum atomic E-state index is 13.0. The van der Waals surface area contributed by atoms with Crippen LogP contribution < -0.4 is 14.2 Å². The summed E-state index contributed by atoms with van der Waals surface area (Å²) in [6, 6.07) is 11.9. The lowest BCUT2D eigenvalue weighted by Crippen LogP contribution is -2.22. The van der Waals surface area contributed by atoms with Crippen LogP contribution in [0.5, 0.6) is 17.2 Å². The Bertz CT molecular complexity index is 799. The van der Waals surface area contributed by atoms with E-state index in [0.717, 1.165) is 0 Å². The molecule has 2 aromatic carbocycles. The highest BCUT2D eigenvalue weighted by Crippen LogP contribution is 2.45.